The van der Waals surface area contributed by atoms with Gasteiger partial charge in [0.1, 0.15) is 5.75 Å². The third-order valence-corrected chi connectivity index (χ3v) is 3.07. The Kier molecular flexibility index (Phi) is 4.77. The lowest BCUT2D eigenvalue weighted by molar-refractivity contribution is -0.148. The fraction of sp³-hybridized carbons (Fsp3) is 0.235. The topological polar surface area (TPSA) is 35.5 Å². The number of esters is 1. The van der Waals surface area contributed by atoms with Gasteiger partial charge in [-0.25, -0.2) is 4.79 Å². The minimum absolute atomic E-state index is 0.348. The van der Waals surface area contributed by atoms with Gasteiger partial charge in [0.05, 0.1) is 7.11 Å². The number of methoxy groups -OCH3 is 1. The molecule has 0 aliphatic rings. The minimum Gasteiger partial charge on any atom is -0.479 e. The minimum atomic E-state index is -0.553. The Morgan fingerprint density at radius 3 is 2.15 bits per heavy atom. The van der Waals surface area contributed by atoms with E-state index in [4.69, 9.17) is 9.47 Å². The van der Waals surface area contributed by atoms with Gasteiger partial charge >= 0.3 is 5.97 Å². The van der Waals surface area contributed by atoms with Crippen LogP contribution in [0.2, 0.25) is 0 Å². The summed E-state index contributed by atoms with van der Waals surface area (Å²) >= 11 is 0. The van der Waals surface area contributed by atoms with Crippen molar-refractivity contribution in [2.75, 3.05) is 7.11 Å². The molecule has 0 saturated carbocycles. The van der Waals surface area contributed by atoms with E-state index in [1.165, 1.54) is 7.11 Å². The monoisotopic (exact) mass is 270 g/mol. The van der Waals surface area contributed by atoms with Gasteiger partial charge in [0.25, 0.3) is 0 Å². The molecule has 104 valence electrons. The molecule has 3 heteroatoms. The fourth-order valence-corrected chi connectivity index (χ4v) is 1.95. The predicted octanol–water partition coefficient (Wildman–Crippen LogP) is 3.68. The highest BCUT2D eigenvalue weighted by Crippen LogP contribution is 2.23. The quantitative estimate of drug-likeness (QED) is 0.777. The van der Waals surface area contributed by atoms with Crippen molar-refractivity contribution in [2.45, 2.75) is 19.4 Å². The van der Waals surface area contributed by atoms with E-state index in [0.29, 0.717) is 12.2 Å². The third kappa shape index (κ3) is 3.38. The van der Waals surface area contributed by atoms with Crippen LogP contribution in [0.25, 0.3) is 11.1 Å². The summed E-state index contributed by atoms with van der Waals surface area (Å²) in [6.45, 7) is 1.89. The van der Waals surface area contributed by atoms with Gasteiger partial charge in [0.15, 0.2) is 6.10 Å². The van der Waals surface area contributed by atoms with Gasteiger partial charge in [0, 0.05) is 0 Å². The van der Waals surface area contributed by atoms with Crippen molar-refractivity contribution in [3.8, 4) is 16.9 Å². The smallest absolute Gasteiger partial charge is 0.347 e. The van der Waals surface area contributed by atoms with E-state index in [1.54, 1.807) is 0 Å². The van der Waals surface area contributed by atoms with E-state index in [-0.39, 0.29) is 5.97 Å². The second kappa shape index (κ2) is 6.75. The van der Waals surface area contributed by atoms with Crippen LogP contribution in [0.15, 0.2) is 54.6 Å². The molecule has 0 amide bonds. The molecular weight excluding hydrogens is 252 g/mol. The highest BCUT2D eigenvalue weighted by molar-refractivity contribution is 5.75. The summed E-state index contributed by atoms with van der Waals surface area (Å²) < 4.78 is 10.3. The summed E-state index contributed by atoms with van der Waals surface area (Å²) in [5.74, 6) is 0.321. The normalized spacial score (nSPS) is 11.7. The van der Waals surface area contributed by atoms with Gasteiger partial charge in [-0.3, -0.25) is 0 Å². The van der Waals surface area contributed by atoms with Crippen molar-refractivity contribution in [1.82, 2.24) is 0 Å². The lowest BCUT2D eigenvalue weighted by atomic mass is 10.1. The van der Waals surface area contributed by atoms with E-state index in [9.17, 15) is 4.79 Å². The first-order valence-corrected chi connectivity index (χ1v) is 6.64. The Hall–Kier alpha value is -2.29. The Balaban J connectivity index is 2.10. The Morgan fingerprint density at radius 1 is 1.00 bits per heavy atom. The number of carbonyl (C=O) groups excluding carboxylic acids is 1. The fourth-order valence-electron chi connectivity index (χ4n) is 1.95. The van der Waals surface area contributed by atoms with Gasteiger partial charge < -0.3 is 9.47 Å². The second-order valence-electron chi connectivity index (χ2n) is 4.43. The molecule has 1 atom stereocenters. The van der Waals surface area contributed by atoms with E-state index in [1.807, 2.05) is 49.4 Å². The Morgan fingerprint density at radius 2 is 1.60 bits per heavy atom. The summed E-state index contributed by atoms with van der Waals surface area (Å²) in [5, 5.41) is 0. The molecule has 0 radical (unpaired) electrons. The molecule has 0 aromatic heterocycles. The molecule has 0 spiro atoms. The molecule has 3 nitrogen and oxygen atoms in total. The molecular formula is C17H18O3. The van der Waals surface area contributed by atoms with Crippen LogP contribution >= 0.6 is 0 Å². The average Bonchev–Trinajstić information content (AvgIpc) is 2.53. The van der Waals surface area contributed by atoms with Crippen molar-refractivity contribution >= 4 is 5.97 Å². The van der Waals surface area contributed by atoms with E-state index >= 15 is 0 Å². The number of carbonyl (C=O) groups is 1. The van der Waals surface area contributed by atoms with Crippen LogP contribution in [-0.4, -0.2) is 19.2 Å². The van der Waals surface area contributed by atoms with Crippen molar-refractivity contribution in [1.29, 1.82) is 0 Å². The van der Waals surface area contributed by atoms with Crippen LogP contribution < -0.4 is 4.74 Å². The van der Waals surface area contributed by atoms with E-state index < -0.39 is 6.10 Å². The number of rotatable bonds is 5. The first-order valence-electron chi connectivity index (χ1n) is 6.64. The number of ether oxygens (including phenoxy) is 2. The molecule has 0 fully saturated rings. The number of hydrogen-bond donors (Lipinski definition) is 0. The zero-order valence-electron chi connectivity index (χ0n) is 11.7. The van der Waals surface area contributed by atoms with E-state index in [0.717, 1.165) is 11.1 Å². The van der Waals surface area contributed by atoms with Crippen LogP contribution in [0.4, 0.5) is 0 Å². The first kappa shape index (κ1) is 14.1. The number of benzene rings is 2. The largest absolute Gasteiger partial charge is 0.479 e. The number of hydrogen-bond acceptors (Lipinski definition) is 3. The molecule has 20 heavy (non-hydrogen) atoms. The van der Waals surface area contributed by atoms with Crippen LogP contribution in [0.3, 0.4) is 0 Å². The zero-order valence-corrected chi connectivity index (χ0v) is 11.7. The Bertz CT molecular complexity index is 546. The maximum Gasteiger partial charge on any atom is 0.347 e. The molecule has 2 aromatic carbocycles. The molecule has 0 saturated heterocycles. The van der Waals surface area contributed by atoms with Crippen molar-refractivity contribution in [3.63, 3.8) is 0 Å². The summed E-state index contributed by atoms with van der Waals surface area (Å²) in [6, 6.07) is 17.8. The SMILES string of the molecule is CC[C@@H](Oc1ccc(-c2ccccc2)cc1)C(=O)OC. The highest BCUT2D eigenvalue weighted by atomic mass is 16.6. The van der Waals surface area contributed by atoms with Crippen LogP contribution in [0, 0.1) is 0 Å². The lowest BCUT2D eigenvalue weighted by Gasteiger charge is -2.15. The van der Waals surface area contributed by atoms with E-state index in [2.05, 4.69) is 12.1 Å². The van der Waals surface area contributed by atoms with Crippen LogP contribution in [0.5, 0.6) is 5.75 Å². The lowest BCUT2D eigenvalue weighted by Crippen LogP contribution is -2.27. The summed E-state index contributed by atoms with van der Waals surface area (Å²) in [7, 11) is 1.37. The maximum atomic E-state index is 11.5. The van der Waals surface area contributed by atoms with Crippen molar-refractivity contribution in [3.05, 3.63) is 54.6 Å². The van der Waals surface area contributed by atoms with Gasteiger partial charge in [0.2, 0.25) is 0 Å². The maximum absolute atomic E-state index is 11.5. The molecule has 0 bridgehead atoms. The average molecular weight is 270 g/mol. The molecule has 0 aliphatic carbocycles. The zero-order chi connectivity index (χ0) is 14.4. The highest BCUT2D eigenvalue weighted by Gasteiger charge is 2.18. The van der Waals surface area contributed by atoms with Gasteiger partial charge in [-0.1, -0.05) is 49.4 Å². The van der Waals surface area contributed by atoms with Gasteiger partial charge in [-0.05, 0) is 29.7 Å². The molecule has 0 heterocycles. The van der Waals surface area contributed by atoms with Crippen molar-refractivity contribution < 1.29 is 14.3 Å². The molecule has 0 unspecified atom stereocenters. The Labute approximate surface area is 119 Å². The standard InChI is InChI=1S/C17H18O3/c1-3-16(17(18)19-2)20-15-11-9-14(10-12-15)13-7-5-4-6-8-13/h4-12,16H,3H2,1-2H3/t16-/m1/s1. The summed E-state index contributed by atoms with van der Waals surface area (Å²) in [4.78, 5) is 11.5. The molecule has 2 rings (SSSR count). The second-order valence-corrected chi connectivity index (χ2v) is 4.43. The summed E-state index contributed by atoms with van der Waals surface area (Å²) in [5.41, 5.74) is 2.27. The predicted molar refractivity (Wildman–Crippen MR) is 78.6 cm³/mol. The van der Waals surface area contributed by atoms with Gasteiger partial charge in [-0.2, -0.15) is 0 Å². The molecule has 0 aliphatic heterocycles. The van der Waals surface area contributed by atoms with Crippen LogP contribution in [0.1, 0.15) is 13.3 Å². The third-order valence-electron chi connectivity index (χ3n) is 3.07. The van der Waals surface area contributed by atoms with Crippen molar-refractivity contribution in [2.24, 2.45) is 0 Å². The summed E-state index contributed by atoms with van der Waals surface area (Å²) in [6.07, 6.45) is 0.0233. The van der Waals surface area contributed by atoms with Gasteiger partial charge in [-0.15, -0.1) is 0 Å². The molecule has 2 aromatic rings. The van der Waals surface area contributed by atoms with Crippen LogP contribution in [-0.2, 0) is 9.53 Å². The molecule has 0 N–H and O–H groups in total. The first-order chi connectivity index (χ1) is 9.74.